The van der Waals surface area contributed by atoms with Crippen molar-refractivity contribution in [3.05, 3.63) is 65.7 Å². The molecule has 26 heavy (non-hydrogen) atoms. The van der Waals surface area contributed by atoms with Crippen LogP contribution in [0.5, 0.6) is 0 Å². The van der Waals surface area contributed by atoms with Gasteiger partial charge in [0.25, 0.3) is 0 Å². The van der Waals surface area contributed by atoms with Gasteiger partial charge in [0, 0.05) is 36.1 Å². The molecule has 3 rings (SSSR count). The van der Waals surface area contributed by atoms with Gasteiger partial charge in [0.2, 0.25) is 11.8 Å². The highest BCUT2D eigenvalue weighted by Crippen LogP contribution is 2.27. The topological polar surface area (TPSA) is 58.2 Å². The molecule has 1 heterocycles. The molecular formula is C21H24N2O2S. The SMILES string of the molecule is O=C(CC[C@H]1Cc2ccccc2NC1=O)NCCSCc1ccccc1. The van der Waals surface area contributed by atoms with Crippen molar-refractivity contribution in [2.24, 2.45) is 5.92 Å². The Bertz CT molecular complexity index is 749. The van der Waals surface area contributed by atoms with Gasteiger partial charge in [-0.1, -0.05) is 48.5 Å². The minimum Gasteiger partial charge on any atom is -0.355 e. The number of benzene rings is 2. The summed E-state index contributed by atoms with van der Waals surface area (Å²) in [4.78, 5) is 24.2. The zero-order chi connectivity index (χ0) is 18.2. The van der Waals surface area contributed by atoms with Gasteiger partial charge < -0.3 is 10.6 Å². The van der Waals surface area contributed by atoms with Crippen LogP contribution in [0.15, 0.2) is 54.6 Å². The van der Waals surface area contributed by atoms with Crippen LogP contribution < -0.4 is 10.6 Å². The van der Waals surface area contributed by atoms with E-state index in [9.17, 15) is 9.59 Å². The van der Waals surface area contributed by atoms with Crippen LogP contribution in [0.2, 0.25) is 0 Å². The Morgan fingerprint density at radius 1 is 1.12 bits per heavy atom. The monoisotopic (exact) mass is 368 g/mol. The molecule has 0 saturated carbocycles. The molecule has 4 nitrogen and oxygen atoms in total. The first kappa shape index (κ1) is 18.5. The van der Waals surface area contributed by atoms with Gasteiger partial charge in [-0.15, -0.1) is 0 Å². The average molecular weight is 369 g/mol. The second-order valence-electron chi connectivity index (χ2n) is 6.47. The highest BCUT2D eigenvalue weighted by atomic mass is 32.2. The fourth-order valence-corrected chi connectivity index (χ4v) is 3.89. The van der Waals surface area contributed by atoms with Crippen molar-refractivity contribution in [1.82, 2.24) is 5.32 Å². The molecule has 0 bridgehead atoms. The van der Waals surface area contributed by atoms with E-state index < -0.39 is 0 Å². The largest absolute Gasteiger partial charge is 0.355 e. The molecule has 0 saturated heterocycles. The lowest BCUT2D eigenvalue weighted by Crippen LogP contribution is -2.32. The van der Waals surface area contributed by atoms with Crippen LogP contribution in [0.1, 0.15) is 24.0 Å². The first-order chi connectivity index (χ1) is 12.7. The van der Waals surface area contributed by atoms with Crippen molar-refractivity contribution < 1.29 is 9.59 Å². The Labute approximate surface area is 158 Å². The van der Waals surface area contributed by atoms with Crippen LogP contribution in [0, 0.1) is 5.92 Å². The summed E-state index contributed by atoms with van der Waals surface area (Å²) in [6.45, 7) is 0.663. The first-order valence-electron chi connectivity index (χ1n) is 8.99. The predicted octanol–water partition coefficient (Wildman–Crippen LogP) is 3.63. The van der Waals surface area contributed by atoms with E-state index in [1.165, 1.54) is 5.56 Å². The summed E-state index contributed by atoms with van der Waals surface area (Å²) in [5.41, 5.74) is 3.34. The van der Waals surface area contributed by atoms with Crippen molar-refractivity contribution in [3.8, 4) is 0 Å². The number of carbonyl (C=O) groups is 2. The van der Waals surface area contributed by atoms with Gasteiger partial charge in [0.05, 0.1) is 0 Å². The van der Waals surface area contributed by atoms with Gasteiger partial charge >= 0.3 is 0 Å². The Hall–Kier alpha value is -2.27. The molecule has 0 radical (unpaired) electrons. The normalized spacial score (nSPS) is 15.8. The average Bonchev–Trinajstić information content (AvgIpc) is 2.67. The van der Waals surface area contributed by atoms with Gasteiger partial charge in [0.15, 0.2) is 0 Å². The molecule has 1 aliphatic heterocycles. The summed E-state index contributed by atoms with van der Waals surface area (Å²) in [6.07, 6.45) is 1.69. The quantitative estimate of drug-likeness (QED) is 0.700. The summed E-state index contributed by atoms with van der Waals surface area (Å²) in [6, 6.07) is 18.2. The molecule has 136 valence electrons. The third-order valence-electron chi connectivity index (χ3n) is 4.51. The number of rotatable bonds is 8. The van der Waals surface area contributed by atoms with Crippen molar-refractivity contribution >= 4 is 29.3 Å². The molecule has 0 spiro atoms. The van der Waals surface area contributed by atoms with Crippen LogP contribution >= 0.6 is 11.8 Å². The third kappa shape index (κ3) is 5.36. The first-order valence-corrected chi connectivity index (χ1v) is 10.1. The van der Waals surface area contributed by atoms with E-state index in [0.717, 1.165) is 22.8 Å². The van der Waals surface area contributed by atoms with E-state index >= 15 is 0 Å². The van der Waals surface area contributed by atoms with Crippen molar-refractivity contribution in [3.63, 3.8) is 0 Å². The Morgan fingerprint density at radius 2 is 1.88 bits per heavy atom. The lowest BCUT2D eigenvalue weighted by atomic mass is 9.89. The van der Waals surface area contributed by atoms with Crippen molar-refractivity contribution in [2.75, 3.05) is 17.6 Å². The highest BCUT2D eigenvalue weighted by Gasteiger charge is 2.26. The second kappa shape index (κ2) is 9.43. The lowest BCUT2D eigenvalue weighted by Gasteiger charge is -2.24. The number of hydrogen-bond donors (Lipinski definition) is 2. The van der Waals surface area contributed by atoms with Gasteiger partial charge in [0.1, 0.15) is 0 Å². The molecule has 1 atom stereocenters. The molecule has 2 N–H and O–H groups in total. The number of anilines is 1. The van der Waals surface area contributed by atoms with Crippen LogP contribution in [0.3, 0.4) is 0 Å². The van der Waals surface area contributed by atoms with Crippen molar-refractivity contribution in [1.29, 1.82) is 0 Å². The van der Waals surface area contributed by atoms with E-state index in [0.29, 0.717) is 25.8 Å². The zero-order valence-electron chi connectivity index (χ0n) is 14.7. The fraction of sp³-hybridized carbons (Fsp3) is 0.333. The number of para-hydroxylation sites is 1. The smallest absolute Gasteiger partial charge is 0.227 e. The van der Waals surface area contributed by atoms with Crippen LogP contribution in [-0.2, 0) is 21.8 Å². The molecule has 0 unspecified atom stereocenters. The maximum absolute atomic E-state index is 12.2. The van der Waals surface area contributed by atoms with E-state index in [1.807, 2.05) is 54.2 Å². The summed E-state index contributed by atoms with van der Waals surface area (Å²) < 4.78 is 0. The van der Waals surface area contributed by atoms with Crippen LogP contribution in [0.25, 0.3) is 0 Å². The van der Waals surface area contributed by atoms with Gasteiger partial charge in [-0.05, 0) is 30.0 Å². The molecule has 2 amide bonds. The summed E-state index contributed by atoms with van der Waals surface area (Å²) in [5.74, 6) is 1.77. The predicted molar refractivity (Wildman–Crippen MR) is 107 cm³/mol. The van der Waals surface area contributed by atoms with E-state index in [-0.39, 0.29) is 17.7 Å². The number of amides is 2. The standard InChI is InChI=1S/C21H24N2O2S/c24-20(22-12-13-26-15-16-6-2-1-3-7-16)11-10-18-14-17-8-4-5-9-19(17)23-21(18)25/h1-9,18H,10-15H2,(H,22,24)(H,23,25)/t18-/m0/s1. The highest BCUT2D eigenvalue weighted by molar-refractivity contribution is 7.98. The number of carbonyl (C=O) groups excluding carboxylic acids is 2. The number of thioether (sulfide) groups is 1. The summed E-state index contributed by atoms with van der Waals surface area (Å²) in [7, 11) is 0. The molecule has 0 aromatic heterocycles. The minimum atomic E-state index is -0.122. The molecule has 1 aliphatic rings. The van der Waals surface area contributed by atoms with Crippen LogP contribution in [0.4, 0.5) is 5.69 Å². The molecular weight excluding hydrogens is 344 g/mol. The minimum absolute atomic E-state index is 0.0231. The number of nitrogens with one attached hydrogen (secondary N) is 2. The second-order valence-corrected chi connectivity index (χ2v) is 7.58. The summed E-state index contributed by atoms with van der Waals surface area (Å²) in [5, 5.41) is 5.89. The fourth-order valence-electron chi connectivity index (χ4n) is 3.07. The van der Waals surface area contributed by atoms with E-state index in [1.54, 1.807) is 0 Å². The van der Waals surface area contributed by atoms with Crippen molar-refractivity contribution in [2.45, 2.75) is 25.0 Å². The number of fused-ring (bicyclic) bond motifs is 1. The molecule has 5 heteroatoms. The maximum atomic E-state index is 12.2. The molecule has 2 aromatic carbocycles. The van der Waals surface area contributed by atoms with Gasteiger partial charge in [-0.25, -0.2) is 0 Å². The zero-order valence-corrected chi connectivity index (χ0v) is 15.6. The Kier molecular flexibility index (Phi) is 6.72. The lowest BCUT2D eigenvalue weighted by molar-refractivity contribution is -0.122. The van der Waals surface area contributed by atoms with Crippen LogP contribution in [-0.4, -0.2) is 24.1 Å². The number of hydrogen-bond acceptors (Lipinski definition) is 3. The molecule has 0 aliphatic carbocycles. The van der Waals surface area contributed by atoms with Gasteiger partial charge in [-0.3, -0.25) is 9.59 Å². The summed E-state index contributed by atoms with van der Waals surface area (Å²) >= 11 is 1.81. The molecule has 2 aromatic rings. The van der Waals surface area contributed by atoms with Gasteiger partial charge in [-0.2, -0.15) is 11.8 Å². The molecule has 0 fully saturated rings. The Morgan fingerprint density at radius 3 is 2.73 bits per heavy atom. The maximum Gasteiger partial charge on any atom is 0.227 e. The Balaban J connectivity index is 1.32. The third-order valence-corrected chi connectivity index (χ3v) is 5.54. The van der Waals surface area contributed by atoms with E-state index in [2.05, 4.69) is 22.8 Å². The van der Waals surface area contributed by atoms with E-state index in [4.69, 9.17) is 0 Å².